The Kier molecular flexibility index (Phi) is 7.51. The molecule has 0 atom stereocenters. The Labute approximate surface area is 195 Å². The lowest BCUT2D eigenvalue weighted by molar-refractivity contribution is -0.113. The van der Waals surface area contributed by atoms with E-state index in [0.717, 1.165) is 30.1 Å². The summed E-state index contributed by atoms with van der Waals surface area (Å²) in [6, 6.07) is 12.9. The molecule has 1 saturated heterocycles. The first-order chi connectivity index (χ1) is 15.6. The summed E-state index contributed by atoms with van der Waals surface area (Å²) in [5.74, 6) is 1.10. The van der Waals surface area contributed by atoms with Gasteiger partial charge in [-0.1, -0.05) is 23.4 Å². The molecule has 0 bridgehead atoms. The summed E-state index contributed by atoms with van der Waals surface area (Å²) in [4.78, 5) is 14.8. The number of halogens is 1. The maximum atomic E-state index is 12.6. The van der Waals surface area contributed by atoms with Crippen LogP contribution in [0.4, 0.5) is 11.4 Å². The van der Waals surface area contributed by atoms with Crippen LogP contribution in [-0.4, -0.2) is 54.8 Å². The summed E-state index contributed by atoms with van der Waals surface area (Å²) in [6.07, 6.45) is 0. The molecular formula is C22H23ClN4O4S. The molecule has 1 N–H and O–H groups in total. The third-order valence-electron chi connectivity index (χ3n) is 4.73. The highest BCUT2D eigenvalue weighted by molar-refractivity contribution is 7.99. The van der Waals surface area contributed by atoms with E-state index < -0.39 is 0 Å². The zero-order valence-electron chi connectivity index (χ0n) is 17.5. The van der Waals surface area contributed by atoms with Gasteiger partial charge in [0.05, 0.1) is 36.9 Å². The molecule has 1 amide bonds. The number of thioether (sulfide) groups is 1. The fourth-order valence-corrected chi connectivity index (χ4v) is 3.98. The van der Waals surface area contributed by atoms with Crippen LogP contribution in [-0.2, 0) is 9.53 Å². The van der Waals surface area contributed by atoms with Gasteiger partial charge in [-0.15, -0.1) is 10.2 Å². The van der Waals surface area contributed by atoms with E-state index in [0.29, 0.717) is 41.6 Å². The molecular weight excluding hydrogens is 452 g/mol. The van der Waals surface area contributed by atoms with Gasteiger partial charge in [-0.3, -0.25) is 4.79 Å². The van der Waals surface area contributed by atoms with Gasteiger partial charge in [0.15, 0.2) is 0 Å². The number of nitrogens with zero attached hydrogens (tertiary/aromatic N) is 3. The second-order valence-corrected chi connectivity index (χ2v) is 8.29. The minimum atomic E-state index is -0.187. The van der Waals surface area contributed by atoms with E-state index in [1.807, 2.05) is 43.3 Å². The van der Waals surface area contributed by atoms with Crippen molar-refractivity contribution in [2.24, 2.45) is 0 Å². The van der Waals surface area contributed by atoms with E-state index in [2.05, 4.69) is 20.4 Å². The minimum Gasteiger partial charge on any atom is -0.494 e. The first kappa shape index (κ1) is 22.4. The van der Waals surface area contributed by atoms with Crippen molar-refractivity contribution in [3.05, 3.63) is 47.5 Å². The number of benzene rings is 2. The molecule has 10 heteroatoms. The number of rotatable bonds is 8. The van der Waals surface area contributed by atoms with Gasteiger partial charge in [-0.05, 0) is 49.4 Å². The number of carbonyl (C=O) groups excluding carboxylic acids is 1. The Morgan fingerprint density at radius 1 is 1.19 bits per heavy atom. The molecule has 8 nitrogen and oxygen atoms in total. The second-order valence-electron chi connectivity index (χ2n) is 6.93. The normalized spacial score (nSPS) is 13.8. The first-order valence-electron chi connectivity index (χ1n) is 10.2. The van der Waals surface area contributed by atoms with Crippen LogP contribution < -0.4 is 15.0 Å². The van der Waals surface area contributed by atoms with E-state index in [-0.39, 0.29) is 11.7 Å². The summed E-state index contributed by atoms with van der Waals surface area (Å²) in [5.41, 5.74) is 2.38. The van der Waals surface area contributed by atoms with Gasteiger partial charge in [0.2, 0.25) is 11.8 Å². The van der Waals surface area contributed by atoms with E-state index in [4.69, 9.17) is 25.5 Å². The van der Waals surface area contributed by atoms with E-state index >= 15 is 0 Å². The highest BCUT2D eigenvalue weighted by atomic mass is 35.5. The second kappa shape index (κ2) is 10.7. The Balaban J connectivity index is 1.36. The zero-order valence-corrected chi connectivity index (χ0v) is 19.1. The summed E-state index contributed by atoms with van der Waals surface area (Å²) < 4.78 is 16.5. The van der Waals surface area contributed by atoms with Gasteiger partial charge in [-0.2, -0.15) is 0 Å². The van der Waals surface area contributed by atoms with Crippen molar-refractivity contribution in [1.29, 1.82) is 0 Å². The summed E-state index contributed by atoms with van der Waals surface area (Å²) >= 11 is 7.34. The molecule has 3 aromatic rings. The molecule has 168 valence electrons. The third kappa shape index (κ3) is 5.73. The number of morpholine rings is 1. The van der Waals surface area contributed by atoms with Gasteiger partial charge in [0.1, 0.15) is 5.75 Å². The van der Waals surface area contributed by atoms with Crippen molar-refractivity contribution < 1.29 is 18.7 Å². The van der Waals surface area contributed by atoms with Crippen LogP contribution in [0.2, 0.25) is 5.02 Å². The van der Waals surface area contributed by atoms with Gasteiger partial charge < -0.3 is 24.1 Å². The molecule has 1 fully saturated rings. The van der Waals surface area contributed by atoms with Crippen LogP contribution in [0.5, 0.6) is 5.75 Å². The van der Waals surface area contributed by atoms with Crippen LogP contribution in [0.1, 0.15) is 6.92 Å². The number of ether oxygens (including phenoxy) is 2. The molecule has 0 radical (unpaired) electrons. The Morgan fingerprint density at radius 2 is 1.97 bits per heavy atom. The maximum absolute atomic E-state index is 12.6. The molecule has 2 aromatic carbocycles. The molecule has 0 spiro atoms. The average Bonchev–Trinajstić information content (AvgIpc) is 3.28. The number of carbonyl (C=O) groups is 1. The molecule has 0 unspecified atom stereocenters. The molecule has 1 aliphatic rings. The maximum Gasteiger partial charge on any atom is 0.277 e. The molecule has 1 aliphatic heterocycles. The van der Waals surface area contributed by atoms with Gasteiger partial charge in [0.25, 0.3) is 5.22 Å². The van der Waals surface area contributed by atoms with Crippen LogP contribution >= 0.6 is 23.4 Å². The summed E-state index contributed by atoms with van der Waals surface area (Å²) in [6.45, 7) is 5.36. The lowest BCUT2D eigenvalue weighted by Gasteiger charge is -2.30. The summed E-state index contributed by atoms with van der Waals surface area (Å²) in [5, 5.41) is 11.9. The van der Waals surface area contributed by atoms with Crippen LogP contribution in [0.25, 0.3) is 11.5 Å². The third-order valence-corrected chi connectivity index (χ3v) is 5.78. The average molecular weight is 475 g/mol. The molecule has 1 aromatic heterocycles. The highest BCUT2D eigenvalue weighted by Gasteiger charge is 2.17. The monoisotopic (exact) mass is 474 g/mol. The van der Waals surface area contributed by atoms with Crippen molar-refractivity contribution in [2.45, 2.75) is 12.1 Å². The molecule has 2 heterocycles. The van der Waals surface area contributed by atoms with Gasteiger partial charge in [0, 0.05) is 23.7 Å². The fourth-order valence-electron chi connectivity index (χ4n) is 3.25. The molecule has 0 aliphatic carbocycles. The number of hydrogen-bond donors (Lipinski definition) is 1. The number of aromatic nitrogens is 2. The SMILES string of the molecule is CCOc1ccc(-c2nnc(SCC(=O)Nc3cc(Cl)ccc3N3CCOCC3)o2)cc1. The highest BCUT2D eigenvalue weighted by Crippen LogP contribution is 2.30. The predicted molar refractivity (Wildman–Crippen MR) is 125 cm³/mol. The first-order valence-corrected chi connectivity index (χ1v) is 11.6. The van der Waals surface area contributed by atoms with Crippen molar-refractivity contribution >= 4 is 40.6 Å². The number of nitrogens with one attached hydrogen (secondary N) is 1. The predicted octanol–water partition coefficient (Wildman–Crippen LogP) is 4.36. The quantitative estimate of drug-likeness (QED) is 0.482. The molecule has 0 saturated carbocycles. The lowest BCUT2D eigenvalue weighted by atomic mass is 10.2. The smallest absolute Gasteiger partial charge is 0.277 e. The number of hydrogen-bond acceptors (Lipinski definition) is 8. The minimum absolute atomic E-state index is 0.125. The van der Waals surface area contributed by atoms with Crippen molar-refractivity contribution in [1.82, 2.24) is 10.2 Å². The van der Waals surface area contributed by atoms with E-state index in [9.17, 15) is 4.79 Å². The topological polar surface area (TPSA) is 89.7 Å². The fraction of sp³-hybridized carbons (Fsp3) is 0.318. The number of amides is 1. The Morgan fingerprint density at radius 3 is 2.72 bits per heavy atom. The van der Waals surface area contributed by atoms with E-state index in [1.54, 1.807) is 6.07 Å². The van der Waals surface area contributed by atoms with Crippen molar-refractivity contribution in [3.8, 4) is 17.2 Å². The van der Waals surface area contributed by atoms with Gasteiger partial charge >= 0.3 is 0 Å². The van der Waals surface area contributed by atoms with Gasteiger partial charge in [-0.25, -0.2) is 0 Å². The van der Waals surface area contributed by atoms with Crippen molar-refractivity contribution in [2.75, 3.05) is 48.9 Å². The van der Waals surface area contributed by atoms with Crippen LogP contribution in [0, 0.1) is 0 Å². The Hall–Kier alpha value is -2.75. The van der Waals surface area contributed by atoms with Crippen molar-refractivity contribution in [3.63, 3.8) is 0 Å². The van der Waals surface area contributed by atoms with E-state index in [1.165, 1.54) is 11.8 Å². The molecule has 4 rings (SSSR count). The largest absolute Gasteiger partial charge is 0.494 e. The molecule has 32 heavy (non-hydrogen) atoms. The van der Waals surface area contributed by atoms with Crippen LogP contribution in [0.15, 0.2) is 52.1 Å². The summed E-state index contributed by atoms with van der Waals surface area (Å²) in [7, 11) is 0. The lowest BCUT2D eigenvalue weighted by Crippen LogP contribution is -2.36. The standard InChI is InChI=1S/C22H23ClN4O4S/c1-2-30-17-6-3-15(4-7-17)21-25-26-22(31-21)32-14-20(28)24-18-13-16(23)5-8-19(18)27-9-11-29-12-10-27/h3-8,13H,2,9-12,14H2,1H3,(H,24,28). The zero-order chi connectivity index (χ0) is 22.3. The van der Waals surface area contributed by atoms with Crippen LogP contribution in [0.3, 0.4) is 0 Å². The number of anilines is 2. The Bertz CT molecular complexity index is 1050.